The summed E-state index contributed by atoms with van der Waals surface area (Å²) in [4.78, 5) is 23.7. The monoisotopic (exact) mass is 559 g/mol. The van der Waals surface area contributed by atoms with Crippen molar-refractivity contribution in [1.82, 2.24) is 15.3 Å². The van der Waals surface area contributed by atoms with Crippen LogP contribution in [-0.4, -0.2) is 39.2 Å². The molecule has 7 rings (SSSR count). The second-order valence-corrected chi connectivity index (χ2v) is 12.8. The van der Waals surface area contributed by atoms with Crippen LogP contribution in [0.2, 0.25) is 0 Å². The lowest BCUT2D eigenvalue weighted by Gasteiger charge is -2.49. The molecule has 4 aromatic carbocycles. The Balaban J connectivity index is 1.33. The van der Waals surface area contributed by atoms with E-state index in [1.165, 1.54) is 12.0 Å². The van der Waals surface area contributed by atoms with Crippen molar-refractivity contribution < 1.29 is 14.6 Å². The number of hydrogen-bond acceptors (Lipinski definition) is 5. The van der Waals surface area contributed by atoms with Crippen LogP contribution in [0.4, 0.5) is 0 Å². The summed E-state index contributed by atoms with van der Waals surface area (Å²) < 4.78 is 6.86. The molecule has 0 spiro atoms. The van der Waals surface area contributed by atoms with Gasteiger partial charge in [-0.2, -0.15) is 0 Å². The van der Waals surface area contributed by atoms with E-state index in [0.29, 0.717) is 35.3 Å². The van der Waals surface area contributed by atoms with Gasteiger partial charge in [0, 0.05) is 27.8 Å². The maximum absolute atomic E-state index is 13.3. The van der Waals surface area contributed by atoms with E-state index in [0.717, 1.165) is 51.5 Å². The van der Waals surface area contributed by atoms with Crippen LogP contribution >= 0.6 is 0 Å². The quantitative estimate of drug-likeness (QED) is 0.180. The molecule has 1 unspecified atom stereocenters. The predicted octanol–water partition coefficient (Wildman–Crippen LogP) is 6.96. The summed E-state index contributed by atoms with van der Waals surface area (Å²) in [7, 11) is 0. The summed E-state index contributed by atoms with van der Waals surface area (Å²) in [5, 5.41) is 15.0. The number of nitrogens with one attached hydrogen (secondary N) is 1. The number of nitrogens with zero attached hydrogens (tertiary/aromatic N) is 2. The molecule has 1 fully saturated rings. The molecule has 1 aromatic heterocycles. The smallest absolute Gasteiger partial charge is 0.251 e. The van der Waals surface area contributed by atoms with Crippen molar-refractivity contribution in [2.75, 3.05) is 6.61 Å². The molecule has 2 aliphatic rings. The maximum Gasteiger partial charge on any atom is 0.251 e. The predicted molar refractivity (Wildman–Crippen MR) is 167 cm³/mol. The van der Waals surface area contributed by atoms with Crippen molar-refractivity contribution in [3.8, 4) is 5.75 Å². The first-order valence-corrected chi connectivity index (χ1v) is 15.1. The third-order valence-corrected chi connectivity index (χ3v) is 9.47. The molecular weight excluding hydrogens is 522 g/mol. The fourth-order valence-corrected chi connectivity index (χ4v) is 7.36. The summed E-state index contributed by atoms with van der Waals surface area (Å²) >= 11 is 0. The highest BCUT2D eigenvalue weighted by molar-refractivity contribution is 6.11. The zero-order valence-electron chi connectivity index (χ0n) is 24.4. The van der Waals surface area contributed by atoms with Gasteiger partial charge in [-0.3, -0.25) is 4.79 Å². The molecule has 2 N–H and O–H groups in total. The first-order valence-electron chi connectivity index (χ1n) is 15.1. The van der Waals surface area contributed by atoms with Crippen molar-refractivity contribution in [2.24, 2.45) is 11.8 Å². The second-order valence-electron chi connectivity index (χ2n) is 12.8. The highest BCUT2D eigenvalue weighted by Gasteiger charge is 2.47. The third-order valence-electron chi connectivity index (χ3n) is 9.47. The number of ether oxygens (including phenoxy) is 1. The number of rotatable bonds is 5. The molecule has 0 saturated heterocycles. The average molecular weight is 560 g/mol. The standard InChI is InChI=1S/C36H37N3O3/c1-21-13-15-28-27(17-21)31-33-32(25-11-7-8-12-26(25)34(31)42-36(28,2)3)39-30-19-23(14-16-29(30)38-33)35(41)37-24(20-40)18-22-9-5-4-6-10-22/h4-12,14,16,19,21,24,27-28,40H,13,15,17-18,20H2,1-3H3,(H,37,41)/t21-,24-,27?,28-/m1/s1. The van der Waals surface area contributed by atoms with E-state index in [4.69, 9.17) is 14.7 Å². The lowest BCUT2D eigenvalue weighted by molar-refractivity contribution is -0.0115. The van der Waals surface area contributed by atoms with Gasteiger partial charge in [0.15, 0.2) is 0 Å². The van der Waals surface area contributed by atoms with Gasteiger partial charge in [0.1, 0.15) is 11.4 Å². The number of aromatic nitrogens is 2. The third kappa shape index (κ3) is 4.58. The van der Waals surface area contributed by atoms with Crippen LogP contribution in [-0.2, 0) is 6.42 Å². The highest BCUT2D eigenvalue weighted by Crippen LogP contribution is 2.56. The van der Waals surface area contributed by atoms with Gasteiger partial charge in [-0.05, 0) is 68.7 Å². The molecule has 1 saturated carbocycles. The van der Waals surface area contributed by atoms with Gasteiger partial charge >= 0.3 is 0 Å². The molecule has 5 aromatic rings. The van der Waals surface area contributed by atoms with Crippen molar-refractivity contribution in [3.63, 3.8) is 0 Å². The van der Waals surface area contributed by atoms with E-state index in [1.54, 1.807) is 6.07 Å². The summed E-state index contributed by atoms with van der Waals surface area (Å²) in [5.41, 5.74) is 5.69. The fraction of sp³-hybridized carbons (Fsp3) is 0.361. The van der Waals surface area contributed by atoms with Gasteiger partial charge in [-0.1, -0.05) is 67.9 Å². The van der Waals surface area contributed by atoms with Gasteiger partial charge in [0.25, 0.3) is 5.91 Å². The Morgan fingerprint density at radius 1 is 0.976 bits per heavy atom. The molecule has 0 bridgehead atoms. The summed E-state index contributed by atoms with van der Waals surface area (Å²) in [6.07, 6.45) is 4.03. The topological polar surface area (TPSA) is 84.3 Å². The fourth-order valence-electron chi connectivity index (χ4n) is 7.36. The lowest BCUT2D eigenvalue weighted by atomic mass is 9.64. The minimum Gasteiger partial charge on any atom is -0.487 e. The van der Waals surface area contributed by atoms with Crippen molar-refractivity contribution in [1.29, 1.82) is 0 Å². The molecule has 42 heavy (non-hydrogen) atoms. The minimum absolute atomic E-state index is 0.143. The van der Waals surface area contributed by atoms with Crippen molar-refractivity contribution in [3.05, 3.63) is 89.5 Å². The van der Waals surface area contributed by atoms with Crippen LogP contribution in [0.15, 0.2) is 72.8 Å². The number of hydrogen-bond donors (Lipinski definition) is 2. The molecule has 2 heterocycles. The van der Waals surface area contributed by atoms with Crippen LogP contribution in [0.5, 0.6) is 5.75 Å². The van der Waals surface area contributed by atoms with E-state index in [1.807, 2.05) is 48.5 Å². The first-order chi connectivity index (χ1) is 20.3. The highest BCUT2D eigenvalue weighted by atomic mass is 16.5. The molecule has 1 amide bonds. The molecule has 0 radical (unpaired) electrons. The molecule has 6 nitrogen and oxygen atoms in total. The van der Waals surface area contributed by atoms with Crippen LogP contribution in [0, 0.1) is 11.8 Å². The molecule has 214 valence electrons. The van der Waals surface area contributed by atoms with Crippen molar-refractivity contribution in [2.45, 2.75) is 64.0 Å². The number of carbonyl (C=O) groups excluding carboxylic acids is 1. The summed E-state index contributed by atoms with van der Waals surface area (Å²) in [6.45, 7) is 6.69. The van der Waals surface area contributed by atoms with Gasteiger partial charge in [-0.25, -0.2) is 9.97 Å². The molecule has 1 aliphatic carbocycles. The van der Waals surface area contributed by atoms with Gasteiger partial charge in [0.2, 0.25) is 0 Å². The molecule has 6 heteroatoms. The number of benzene rings is 4. The number of fused-ring (bicyclic) bond motifs is 9. The lowest BCUT2D eigenvalue weighted by Crippen LogP contribution is -2.46. The van der Waals surface area contributed by atoms with Crippen LogP contribution in [0.3, 0.4) is 0 Å². The van der Waals surface area contributed by atoms with E-state index in [9.17, 15) is 9.90 Å². The zero-order chi connectivity index (χ0) is 29.0. The minimum atomic E-state index is -0.385. The SMILES string of the molecule is C[C@@H]1CC[C@@H]2C(C1)c1c(c3ccccc3c3nc4cc(C(=O)N[C@@H](CO)Cc5ccccc5)ccc4nc13)OC2(C)C. The van der Waals surface area contributed by atoms with E-state index < -0.39 is 0 Å². The number of aliphatic hydroxyl groups is 1. The Kier molecular flexibility index (Phi) is 6.62. The van der Waals surface area contributed by atoms with E-state index >= 15 is 0 Å². The number of amides is 1. The molecule has 4 atom stereocenters. The summed E-state index contributed by atoms with van der Waals surface area (Å²) in [5.74, 6) is 2.14. The average Bonchev–Trinajstić information content (AvgIpc) is 2.99. The molecular formula is C36H37N3O3. The van der Waals surface area contributed by atoms with Crippen LogP contribution in [0.25, 0.3) is 32.8 Å². The second kappa shape index (κ2) is 10.4. The van der Waals surface area contributed by atoms with Crippen LogP contribution in [0.1, 0.15) is 67.4 Å². The Labute approximate surface area is 246 Å². The van der Waals surface area contributed by atoms with Gasteiger partial charge in [-0.15, -0.1) is 0 Å². The number of carbonyl (C=O) groups is 1. The normalized spacial score (nSPS) is 21.9. The van der Waals surface area contributed by atoms with E-state index in [2.05, 4.69) is 44.3 Å². The van der Waals surface area contributed by atoms with Gasteiger partial charge in [0.05, 0.1) is 34.7 Å². The largest absolute Gasteiger partial charge is 0.487 e. The summed E-state index contributed by atoms with van der Waals surface area (Å²) in [6, 6.07) is 23.3. The first kappa shape index (κ1) is 26.8. The molecule has 1 aliphatic heterocycles. The number of aliphatic hydroxyl groups excluding tert-OH is 1. The zero-order valence-corrected chi connectivity index (χ0v) is 24.4. The van der Waals surface area contributed by atoms with Crippen molar-refractivity contribution >= 4 is 38.7 Å². The van der Waals surface area contributed by atoms with E-state index in [-0.39, 0.29) is 24.2 Å². The Bertz CT molecular complexity index is 1820. The Morgan fingerprint density at radius 2 is 1.71 bits per heavy atom. The Morgan fingerprint density at radius 3 is 2.50 bits per heavy atom. The van der Waals surface area contributed by atoms with Crippen LogP contribution < -0.4 is 10.1 Å². The maximum atomic E-state index is 13.3. The van der Waals surface area contributed by atoms with Gasteiger partial charge < -0.3 is 15.2 Å². The Hall–Kier alpha value is -4.03.